The van der Waals surface area contributed by atoms with Crippen molar-refractivity contribution in [1.82, 2.24) is 10.2 Å². The molecule has 0 saturated heterocycles. The van der Waals surface area contributed by atoms with Gasteiger partial charge >= 0.3 is 5.97 Å². The van der Waals surface area contributed by atoms with Gasteiger partial charge in [-0.2, -0.15) is 0 Å². The number of carbonyl (C=O) groups excluding carboxylic acids is 2. The number of nitrogens with zero attached hydrogens (tertiary/aromatic N) is 1. The van der Waals surface area contributed by atoms with Gasteiger partial charge in [0.2, 0.25) is 5.88 Å². The lowest BCUT2D eigenvalue weighted by Crippen LogP contribution is -2.46. The lowest BCUT2D eigenvalue weighted by atomic mass is 9.96. The second kappa shape index (κ2) is 8.85. The summed E-state index contributed by atoms with van der Waals surface area (Å²) in [6.07, 6.45) is 4.23. The maximum atomic E-state index is 13.0. The molecule has 0 radical (unpaired) electrons. The van der Waals surface area contributed by atoms with Crippen molar-refractivity contribution in [2.75, 3.05) is 25.0 Å². The molecule has 1 aromatic carbocycles. The van der Waals surface area contributed by atoms with Crippen LogP contribution in [-0.2, 0) is 17.8 Å². The van der Waals surface area contributed by atoms with Gasteiger partial charge in [0, 0.05) is 31.7 Å². The van der Waals surface area contributed by atoms with E-state index in [-0.39, 0.29) is 40.4 Å². The van der Waals surface area contributed by atoms with E-state index in [0.717, 1.165) is 5.56 Å². The summed E-state index contributed by atoms with van der Waals surface area (Å²) in [6.45, 7) is 0.963. The van der Waals surface area contributed by atoms with E-state index in [4.69, 9.17) is 38.5 Å². The van der Waals surface area contributed by atoms with Crippen LogP contribution in [0.1, 0.15) is 37.6 Å². The van der Waals surface area contributed by atoms with E-state index in [2.05, 4.69) is 10.6 Å². The predicted molar refractivity (Wildman–Crippen MR) is 119 cm³/mol. The Kier molecular flexibility index (Phi) is 6.14. The monoisotopic (exact) mass is 478 g/mol. The van der Waals surface area contributed by atoms with E-state index in [9.17, 15) is 14.4 Å². The van der Waals surface area contributed by atoms with Crippen molar-refractivity contribution in [2.45, 2.75) is 19.0 Å². The maximum absolute atomic E-state index is 13.0. The number of amides is 2. The fraction of sp³-hybridized carbons (Fsp3) is 0.286. The molecular formula is C21H20Cl2N4O5. The number of hydrogen-bond acceptors (Lipinski definition) is 6. The minimum Gasteiger partial charge on any atom is -0.480 e. The summed E-state index contributed by atoms with van der Waals surface area (Å²) < 4.78 is 5.66. The molecule has 0 spiro atoms. The van der Waals surface area contributed by atoms with E-state index in [1.54, 1.807) is 17.0 Å². The summed E-state index contributed by atoms with van der Waals surface area (Å²) in [6, 6.07) is 2.01. The predicted octanol–water partition coefficient (Wildman–Crippen LogP) is 2.37. The van der Waals surface area contributed by atoms with Crippen LogP contribution in [0.25, 0.3) is 6.08 Å². The summed E-state index contributed by atoms with van der Waals surface area (Å²) in [5.41, 5.74) is 7.60. The molecule has 2 amide bonds. The highest BCUT2D eigenvalue weighted by Gasteiger charge is 2.30. The average Bonchev–Trinajstić information content (AvgIpc) is 3.20. The molecule has 0 unspecified atom stereocenters. The summed E-state index contributed by atoms with van der Waals surface area (Å²) in [5.74, 6) is -1.45. The molecule has 4 rings (SSSR count). The molecule has 168 valence electrons. The number of anilines is 1. The molecule has 0 fully saturated rings. The smallest absolute Gasteiger partial charge is 0.327 e. The molecule has 1 aromatic heterocycles. The van der Waals surface area contributed by atoms with Crippen LogP contribution < -0.4 is 16.4 Å². The Morgan fingerprint density at radius 2 is 2.09 bits per heavy atom. The molecule has 0 saturated carbocycles. The summed E-state index contributed by atoms with van der Waals surface area (Å²) in [5, 5.41) is 14.7. The van der Waals surface area contributed by atoms with Crippen molar-refractivity contribution in [1.29, 1.82) is 0 Å². The van der Waals surface area contributed by atoms with Crippen LogP contribution in [0.3, 0.4) is 0 Å². The van der Waals surface area contributed by atoms with Crippen LogP contribution in [0.4, 0.5) is 5.88 Å². The number of furan rings is 1. The third-order valence-corrected chi connectivity index (χ3v) is 6.12. The topological polar surface area (TPSA) is 138 Å². The first kappa shape index (κ1) is 22.2. The van der Waals surface area contributed by atoms with Crippen LogP contribution in [-0.4, -0.2) is 53.5 Å². The molecule has 2 aromatic rings. The molecule has 9 nitrogen and oxygen atoms in total. The molecule has 3 heterocycles. The fourth-order valence-corrected chi connectivity index (χ4v) is 4.51. The van der Waals surface area contributed by atoms with E-state index in [1.807, 2.05) is 12.2 Å². The van der Waals surface area contributed by atoms with Gasteiger partial charge in [-0.05, 0) is 29.7 Å². The number of nitrogens with one attached hydrogen (secondary N) is 2. The standard InChI is InChI=1S/C21H20Cl2N4O5/c22-13-6-11-9-27(20(29)15-7-10-2-1-4-25-19(10)32-15)5-3-12(11)17(23)16(13)18(28)26-14(8-24)21(30)31/h1-2,6-7,14,25H,3-5,8-9,24H2,(H,26,28)(H,30,31)/t14-/m0/s1. The number of hydrogen-bond donors (Lipinski definition) is 4. The normalized spacial score (nSPS) is 15.4. The quantitative estimate of drug-likeness (QED) is 0.517. The molecule has 5 N–H and O–H groups in total. The number of benzene rings is 1. The third kappa shape index (κ3) is 4.06. The van der Waals surface area contributed by atoms with E-state index >= 15 is 0 Å². The highest BCUT2D eigenvalue weighted by atomic mass is 35.5. The molecule has 2 aliphatic heterocycles. The largest absolute Gasteiger partial charge is 0.480 e. The van der Waals surface area contributed by atoms with Crippen LogP contribution in [0, 0.1) is 0 Å². The van der Waals surface area contributed by atoms with E-state index < -0.39 is 17.9 Å². The molecule has 1 atom stereocenters. The number of halogens is 2. The van der Waals surface area contributed by atoms with Gasteiger partial charge in [-0.25, -0.2) is 4.79 Å². The Balaban J connectivity index is 1.56. The van der Waals surface area contributed by atoms with Crippen LogP contribution in [0.2, 0.25) is 10.0 Å². The third-order valence-electron chi connectivity index (χ3n) is 5.41. The Morgan fingerprint density at radius 1 is 1.31 bits per heavy atom. The van der Waals surface area contributed by atoms with Crippen molar-refractivity contribution in [3.63, 3.8) is 0 Å². The number of carboxylic acid groups (broad SMARTS) is 1. The van der Waals surface area contributed by atoms with Gasteiger partial charge in [-0.1, -0.05) is 35.4 Å². The Bertz CT molecular complexity index is 1140. The van der Waals surface area contributed by atoms with Crippen molar-refractivity contribution in [3.8, 4) is 0 Å². The van der Waals surface area contributed by atoms with Crippen molar-refractivity contribution in [2.24, 2.45) is 5.73 Å². The van der Waals surface area contributed by atoms with Crippen molar-refractivity contribution < 1.29 is 23.9 Å². The second-order valence-electron chi connectivity index (χ2n) is 7.44. The highest BCUT2D eigenvalue weighted by Crippen LogP contribution is 2.35. The minimum absolute atomic E-state index is 0.0110. The van der Waals surface area contributed by atoms with Crippen molar-refractivity contribution >= 4 is 52.9 Å². The van der Waals surface area contributed by atoms with Crippen LogP contribution >= 0.6 is 23.2 Å². The number of nitrogens with two attached hydrogens (primary N) is 1. The first-order chi connectivity index (χ1) is 15.3. The molecule has 32 heavy (non-hydrogen) atoms. The molecule has 0 bridgehead atoms. The minimum atomic E-state index is -1.26. The first-order valence-corrected chi connectivity index (χ1v) is 10.6. The average molecular weight is 479 g/mol. The number of aliphatic carboxylic acids is 1. The SMILES string of the molecule is NC[C@H](NC(=O)c1c(Cl)cc2c(c1Cl)CCN(C(=O)c1cc3c(o1)NCC=C3)C2)C(=O)O. The zero-order valence-corrected chi connectivity index (χ0v) is 18.3. The van der Waals surface area contributed by atoms with Gasteiger partial charge < -0.3 is 30.8 Å². The lowest BCUT2D eigenvalue weighted by Gasteiger charge is -2.30. The Hall–Kier alpha value is -3.01. The molecule has 11 heteroatoms. The van der Waals surface area contributed by atoms with Gasteiger partial charge in [0.15, 0.2) is 5.76 Å². The zero-order chi connectivity index (χ0) is 23.0. The summed E-state index contributed by atoms with van der Waals surface area (Å²) in [4.78, 5) is 38.4. The summed E-state index contributed by atoms with van der Waals surface area (Å²) in [7, 11) is 0. The van der Waals surface area contributed by atoms with Crippen LogP contribution in [0.5, 0.6) is 0 Å². The number of carboxylic acids is 1. The second-order valence-corrected chi connectivity index (χ2v) is 8.23. The fourth-order valence-electron chi connectivity index (χ4n) is 3.75. The Labute approximate surface area is 193 Å². The molecule has 0 aliphatic carbocycles. The van der Waals surface area contributed by atoms with Crippen molar-refractivity contribution in [3.05, 3.63) is 56.3 Å². The molecular weight excluding hydrogens is 459 g/mol. The first-order valence-electron chi connectivity index (χ1n) is 9.87. The zero-order valence-electron chi connectivity index (χ0n) is 16.8. The van der Waals surface area contributed by atoms with Gasteiger partial charge in [0.05, 0.1) is 15.6 Å². The Morgan fingerprint density at radius 3 is 2.78 bits per heavy atom. The van der Waals surface area contributed by atoms with Gasteiger partial charge in [0.25, 0.3) is 11.8 Å². The number of rotatable bonds is 5. The summed E-state index contributed by atoms with van der Waals surface area (Å²) >= 11 is 12.8. The molecule has 2 aliphatic rings. The van der Waals surface area contributed by atoms with Gasteiger partial charge in [0.1, 0.15) is 6.04 Å². The van der Waals surface area contributed by atoms with E-state index in [1.165, 1.54) is 0 Å². The number of carbonyl (C=O) groups is 3. The highest BCUT2D eigenvalue weighted by molar-refractivity contribution is 6.40. The van der Waals surface area contributed by atoms with E-state index in [0.29, 0.717) is 36.5 Å². The lowest BCUT2D eigenvalue weighted by molar-refractivity contribution is -0.138. The van der Waals surface area contributed by atoms with Gasteiger partial charge in [-0.15, -0.1) is 0 Å². The van der Waals surface area contributed by atoms with Crippen LogP contribution in [0.15, 0.2) is 22.6 Å². The van der Waals surface area contributed by atoms with Gasteiger partial charge in [-0.3, -0.25) is 9.59 Å². The number of fused-ring (bicyclic) bond motifs is 2. The maximum Gasteiger partial charge on any atom is 0.327 e.